The Morgan fingerprint density at radius 3 is 2.82 bits per heavy atom. The number of hydrogen-bond acceptors (Lipinski definition) is 5. The van der Waals surface area contributed by atoms with Crippen LogP contribution < -0.4 is 10.6 Å². The van der Waals surface area contributed by atoms with Gasteiger partial charge < -0.3 is 15.4 Å². The van der Waals surface area contributed by atoms with Crippen molar-refractivity contribution in [2.45, 2.75) is 32.2 Å². The van der Waals surface area contributed by atoms with Gasteiger partial charge in [-0.05, 0) is 26.2 Å². The molecule has 0 bridgehead atoms. The van der Waals surface area contributed by atoms with Gasteiger partial charge in [-0.1, -0.05) is 0 Å². The van der Waals surface area contributed by atoms with Gasteiger partial charge in [0.1, 0.15) is 17.5 Å². The van der Waals surface area contributed by atoms with Crippen molar-refractivity contribution in [2.24, 2.45) is 0 Å². The van der Waals surface area contributed by atoms with E-state index in [1.807, 2.05) is 13.0 Å². The van der Waals surface area contributed by atoms with E-state index >= 15 is 0 Å². The zero-order chi connectivity index (χ0) is 12.1. The lowest BCUT2D eigenvalue weighted by molar-refractivity contribution is 0.198. The molecule has 5 nitrogen and oxygen atoms in total. The summed E-state index contributed by atoms with van der Waals surface area (Å²) in [7, 11) is 1.71. The largest absolute Gasteiger partial charge is 0.385 e. The van der Waals surface area contributed by atoms with E-state index in [1.54, 1.807) is 7.11 Å². The van der Waals surface area contributed by atoms with Crippen LogP contribution in [-0.4, -0.2) is 36.3 Å². The normalized spacial score (nSPS) is 14.7. The number of nitrogens with one attached hydrogen (secondary N) is 2. The zero-order valence-corrected chi connectivity index (χ0v) is 10.5. The average Bonchev–Trinajstić information content (AvgIpc) is 3.07. The third kappa shape index (κ3) is 4.19. The van der Waals surface area contributed by atoms with Crippen LogP contribution in [0.15, 0.2) is 6.07 Å². The van der Waals surface area contributed by atoms with Crippen LogP contribution in [0.25, 0.3) is 0 Å². The molecule has 1 saturated carbocycles. The van der Waals surface area contributed by atoms with E-state index in [9.17, 15) is 0 Å². The number of aromatic nitrogens is 2. The lowest BCUT2D eigenvalue weighted by Gasteiger charge is -2.09. The van der Waals surface area contributed by atoms with Crippen molar-refractivity contribution in [1.82, 2.24) is 9.97 Å². The summed E-state index contributed by atoms with van der Waals surface area (Å²) in [6.07, 6.45) is 3.48. The Kier molecular flexibility index (Phi) is 4.14. The Morgan fingerprint density at radius 1 is 1.35 bits per heavy atom. The molecule has 1 aliphatic carbocycles. The number of rotatable bonds is 7. The maximum atomic E-state index is 5.00. The van der Waals surface area contributed by atoms with Gasteiger partial charge in [-0.3, -0.25) is 0 Å². The fourth-order valence-corrected chi connectivity index (χ4v) is 1.60. The second-order valence-electron chi connectivity index (χ2n) is 4.38. The predicted molar refractivity (Wildman–Crippen MR) is 68.4 cm³/mol. The van der Waals surface area contributed by atoms with Crippen molar-refractivity contribution in [3.05, 3.63) is 11.9 Å². The molecule has 5 heteroatoms. The summed E-state index contributed by atoms with van der Waals surface area (Å²) in [5.41, 5.74) is 0. The van der Waals surface area contributed by atoms with E-state index in [2.05, 4.69) is 20.6 Å². The third-order valence-corrected chi connectivity index (χ3v) is 2.60. The van der Waals surface area contributed by atoms with Crippen molar-refractivity contribution in [3.63, 3.8) is 0 Å². The minimum atomic E-state index is 0.616. The molecule has 0 aliphatic heterocycles. The Balaban J connectivity index is 1.88. The third-order valence-electron chi connectivity index (χ3n) is 2.60. The summed E-state index contributed by atoms with van der Waals surface area (Å²) in [6.45, 7) is 3.55. The molecule has 1 aliphatic rings. The summed E-state index contributed by atoms with van der Waals surface area (Å²) >= 11 is 0. The first-order valence-electron chi connectivity index (χ1n) is 6.13. The second-order valence-corrected chi connectivity index (χ2v) is 4.38. The minimum Gasteiger partial charge on any atom is -0.385 e. The van der Waals surface area contributed by atoms with Gasteiger partial charge in [-0.15, -0.1) is 0 Å². The molecular weight excluding hydrogens is 216 g/mol. The number of methoxy groups -OCH3 is 1. The first-order chi connectivity index (χ1) is 8.28. The van der Waals surface area contributed by atoms with Crippen LogP contribution in [0.5, 0.6) is 0 Å². The molecule has 0 unspecified atom stereocenters. The molecule has 1 fully saturated rings. The lowest BCUT2D eigenvalue weighted by Crippen LogP contribution is -2.09. The number of hydrogen-bond donors (Lipinski definition) is 2. The Bertz CT molecular complexity index is 366. The smallest absolute Gasteiger partial charge is 0.132 e. The Labute approximate surface area is 102 Å². The van der Waals surface area contributed by atoms with Gasteiger partial charge in [0.05, 0.1) is 0 Å². The summed E-state index contributed by atoms with van der Waals surface area (Å²) in [5, 5.41) is 6.67. The fourth-order valence-electron chi connectivity index (χ4n) is 1.60. The molecule has 1 aromatic heterocycles. The van der Waals surface area contributed by atoms with E-state index in [-0.39, 0.29) is 0 Å². The molecule has 2 N–H and O–H groups in total. The molecule has 0 aromatic carbocycles. The first-order valence-corrected chi connectivity index (χ1v) is 6.13. The van der Waals surface area contributed by atoms with E-state index in [0.29, 0.717) is 6.04 Å². The Hall–Kier alpha value is -1.36. The SMILES string of the molecule is COCCCNc1cc(NC2CC2)nc(C)n1. The molecule has 0 radical (unpaired) electrons. The molecular formula is C12H20N4O. The average molecular weight is 236 g/mol. The molecule has 2 rings (SSSR count). The van der Waals surface area contributed by atoms with Crippen molar-refractivity contribution in [3.8, 4) is 0 Å². The summed E-state index contributed by atoms with van der Waals surface area (Å²) < 4.78 is 5.00. The van der Waals surface area contributed by atoms with Gasteiger partial charge in [-0.25, -0.2) is 9.97 Å². The van der Waals surface area contributed by atoms with Crippen LogP contribution in [0.3, 0.4) is 0 Å². The van der Waals surface area contributed by atoms with Crippen LogP contribution in [0.2, 0.25) is 0 Å². The fraction of sp³-hybridized carbons (Fsp3) is 0.667. The van der Waals surface area contributed by atoms with Crippen LogP contribution in [0.1, 0.15) is 25.1 Å². The highest BCUT2D eigenvalue weighted by molar-refractivity contribution is 5.48. The number of ether oxygens (including phenoxy) is 1. The second kappa shape index (κ2) is 5.82. The van der Waals surface area contributed by atoms with E-state index < -0.39 is 0 Å². The topological polar surface area (TPSA) is 59.1 Å². The lowest BCUT2D eigenvalue weighted by atomic mass is 10.4. The summed E-state index contributed by atoms with van der Waals surface area (Å²) in [4.78, 5) is 8.73. The summed E-state index contributed by atoms with van der Waals surface area (Å²) in [5.74, 6) is 2.61. The first kappa shape index (κ1) is 12.1. The highest BCUT2D eigenvalue weighted by Crippen LogP contribution is 2.24. The number of anilines is 2. The predicted octanol–water partition coefficient (Wildman–Crippen LogP) is 1.81. The van der Waals surface area contributed by atoms with Gasteiger partial charge in [0.15, 0.2) is 0 Å². The molecule has 94 valence electrons. The van der Waals surface area contributed by atoms with Gasteiger partial charge in [-0.2, -0.15) is 0 Å². The van der Waals surface area contributed by atoms with E-state index in [0.717, 1.165) is 37.0 Å². The highest BCUT2D eigenvalue weighted by atomic mass is 16.5. The summed E-state index contributed by atoms with van der Waals surface area (Å²) in [6, 6.07) is 2.59. The Morgan fingerprint density at radius 2 is 2.12 bits per heavy atom. The number of aryl methyl sites for hydroxylation is 1. The quantitative estimate of drug-likeness (QED) is 0.707. The zero-order valence-electron chi connectivity index (χ0n) is 10.5. The van der Waals surface area contributed by atoms with E-state index in [1.165, 1.54) is 12.8 Å². The molecule has 0 amide bonds. The number of nitrogens with zero attached hydrogens (tertiary/aromatic N) is 2. The van der Waals surface area contributed by atoms with Gasteiger partial charge >= 0.3 is 0 Å². The van der Waals surface area contributed by atoms with Crippen molar-refractivity contribution in [1.29, 1.82) is 0 Å². The highest BCUT2D eigenvalue weighted by Gasteiger charge is 2.21. The van der Waals surface area contributed by atoms with Crippen LogP contribution in [0, 0.1) is 6.92 Å². The van der Waals surface area contributed by atoms with Crippen LogP contribution >= 0.6 is 0 Å². The van der Waals surface area contributed by atoms with Crippen molar-refractivity contribution < 1.29 is 4.74 Å². The van der Waals surface area contributed by atoms with Crippen molar-refractivity contribution in [2.75, 3.05) is 30.9 Å². The van der Waals surface area contributed by atoms with Crippen LogP contribution in [-0.2, 0) is 4.74 Å². The maximum absolute atomic E-state index is 5.00. The van der Waals surface area contributed by atoms with Gasteiger partial charge in [0, 0.05) is 32.4 Å². The maximum Gasteiger partial charge on any atom is 0.132 e. The molecule has 17 heavy (non-hydrogen) atoms. The molecule has 1 aromatic rings. The van der Waals surface area contributed by atoms with Crippen molar-refractivity contribution >= 4 is 11.6 Å². The molecule has 0 atom stereocenters. The molecule has 0 saturated heterocycles. The van der Waals surface area contributed by atoms with E-state index in [4.69, 9.17) is 4.74 Å². The van der Waals surface area contributed by atoms with Crippen LogP contribution in [0.4, 0.5) is 11.6 Å². The standard InChI is InChI=1S/C12H20N4O/c1-9-14-11(13-6-3-7-17-2)8-12(15-9)16-10-4-5-10/h8,10H,3-7H2,1-2H3,(H2,13,14,15,16). The molecule has 1 heterocycles. The molecule has 0 spiro atoms. The minimum absolute atomic E-state index is 0.616. The monoisotopic (exact) mass is 236 g/mol. The van der Waals surface area contributed by atoms with Gasteiger partial charge in [0.2, 0.25) is 0 Å². The van der Waals surface area contributed by atoms with Gasteiger partial charge in [0.25, 0.3) is 0 Å².